The lowest BCUT2D eigenvalue weighted by atomic mass is 9.85. The Bertz CT molecular complexity index is 1160. The number of halogens is 1. The first-order valence-corrected chi connectivity index (χ1v) is 10.9. The lowest BCUT2D eigenvalue weighted by Crippen LogP contribution is -2.46. The molecule has 0 saturated carbocycles. The van der Waals surface area contributed by atoms with Gasteiger partial charge in [0.15, 0.2) is 5.78 Å². The minimum Gasteiger partial charge on any atom is -0.292 e. The molecule has 3 fully saturated rings. The fraction of sp³-hybridized carbons (Fsp3) is 0.348. The molecule has 164 valence electrons. The molecule has 5 rings (SSSR count). The van der Waals surface area contributed by atoms with Crippen molar-refractivity contribution in [2.24, 2.45) is 11.8 Å². The largest absolute Gasteiger partial charge is 0.292 e. The van der Waals surface area contributed by atoms with Gasteiger partial charge in [0.05, 0.1) is 28.5 Å². The zero-order valence-corrected chi connectivity index (χ0v) is 18.0. The molecule has 0 bridgehead atoms. The minimum atomic E-state index is -0.809. The first-order chi connectivity index (χ1) is 15.3. The van der Waals surface area contributed by atoms with E-state index in [1.807, 2.05) is 24.0 Å². The molecule has 0 N–H and O–H groups in total. The average molecular weight is 454 g/mol. The number of imide groups is 1. The molecule has 3 aliphatic heterocycles. The van der Waals surface area contributed by atoms with Gasteiger partial charge in [0.25, 0.3) is 5.69 Å². The highest BCUT2D eigenvalue weighted by Gasteiger charge is 2.64. The van der Waals surface area contributed by atoms with Gasteiger partial charge in [-0.25, -0.2) is 4.90 Å². The molecule has 4 atom stereocenters. The second-order valence-electron chi connectivity index (χ2n) is 8.58. The van der Waals surface area contributed by atoms with Crippen LogP contribution in [0.2, 0.25) is 5.02 Å². The van der Waals surface area contributed by atoms with E-state index in [-0.39, 0.29) is 28.2 Å². The molecule has 0 spiro atoms. The Balaban J connectivity index is 1.55. The molecule has 0 unspecified atom stereocenters. The Morgan fingerprint density at radius 3 is 2.47 bits per heavy atom. The number of nitro groups is 1. The van der Waals surface area contributed by atoms with Crippen molar-refractivity contribution in [2.45, 2.75) is 31.8 Å². The van der Waals surface area contributed by atoms with Gasteiger partial charge in [-0.2, -0.15) is 0 Å². The Hall–Kier alpha value is -3.10. The monoisotopic (exact) mass is 453 g/mol. The third kappa shape index (κ3) is 2.97. The fourth-order valence-electron chi connectivity index (χ4n) is 5.44. The molecule has 3 heterocycles. The number of nitro benzene ring substituents is 1. The quantitative estimate of drug-likeness (QED) is 0.304. The van der Waals surface area contributed by atoms with E-state index in [1.54, 1.807) is 12.1 Å². The van der Waals surface area contributed by atoms with Crippen LogP contribution in [0, 0.1) is 28.9 Å². The number of Topliss-reactive ketones (excluding diaryl/α,β-unsaturated/α-hetero) is 1. The average Bonchev–Trinajstić information content (AvgIpc) is 3.41. The Morgan fingerprint density at radius 1 is 1.09 bits per heavy atom. The van der Waals surface area contributed by atoms with E-state index >= 15 is 0 Å². The molecule has 2 aromatic carbocycles. The summed E-state index contributed by atoms with van der Waals surface area (Å²) in [6.45, 7) is 2.59. The summed E-state index contributed by atoms with van der Waals surface area (Å²) >= 11 is 5.90. The van der Waals surface area contributed by atoms with Crippen molar-refractivity contribution in [2.75, 3.05) is 11.4 Å². The van der Waals surface area contributed by atoms with Gasteiger partial charge in [-0.05, 0) is 38.4 Å². The SMILES string of the molecule is Cc1ccc(C(=O)[C@@H]2[C@@H]3C(=O)N(c4ccc(Cl)c([N+](=O)[O-])c4)C(=O)[C@H]3[C@H]3CCCN32)cc1. The van der Waals surface area contributed by atoms with Crippen LogP contribution in [0.3, 0.4) is 0 Å². The number of hydrogen-bond acceptors (Lipinski definition) is 6. The second kappa shape index (κ2) is 7.50. The summed E-state index contributed by atoms with van der Waals surface area (Å²) in [6.07, 6.45) is 1.58. The van der Waals surface area contributed by atoms with Crippen LogP contribution >= 0.6 is 11.6 Å². The van der Waals surface area contributed by atoms with Gasteiger partial charge in [-0.15, -0.1) is 0 Å². The molecule has 0 aromatic heterocycles. The summed E-state index contributed by atoms with van der Waals surface area (Å²) in [6, 6.07) is 10.2. The van der Waals surface area contributed by atoms with Gasteiger partial charge in [-0.3, -0.25) is 29.4 Å². The van der Waals surface area contributed by atoms with E-state index < -0.39 is 34.6 Å². The van der Waals surface area contributed by atoms with Crippen molar-refractivity contribution in [1.29, 1.82) is 0 Å². The first-order valence-electron chi connectivity index (χ1n) is 10.5. The standard InChI is InChI=1S/C23H20ClN3O5/c1-12-4-6-13(7-5-12)21(28)20-19-18(16-3-2-10-25(16)20)22(29)26(23(19)30)14-8-9-15(24)17(11-14)27(31)32/h4-9,11,16,18-20H,2-3,10H2,1H3/t16-,18+,19-,20+/m1/s1. The van der Waals surface area contributed by atoms with Crippen LogP contribution in [-0.4, -0.2) is 46.0 Å². The maximum atomic E-state index is 13.5. The number of benzene rings is 2. The highest BCUT2D eigenvalue weighted by atomic mass is 35.5. The van der Waals surface area contributed by atoms with E-state index in [1.165, 1.54) is 12.1 Å². The van der Waals surface area contributed by atoms with Crippen LogP contribution in [-0.2, 0) is 9.59 Å². The molecule has 0 radical (unpaired) electrons. The lowest BCUT2D eigenvalue weighted by molar-refractivity contribution is -0.384. The van der Waals surface area contributed by atoms with E-state index in [0.29, 0.717) is 12.1 Å². The summed E-state index contributed by atoms with van der Waals surface area (Å²) in [5.74, 6) is -2.52. The highest BCUT2D eigenvalue weighted by Crippen LogP contribution is 2.49. The topological polar surface area (TPSA) is 101 Å². The summed E-state index contributed by atoms with van der Waals surface area (Å²) in [5.41, 5.74) is 1.26. The molecule has 3 saturated heterocycles. The summed E-state index contributed by atoms with van der Waals surface area (Å²) in [7, 11) is 0. The Kier molecular flexibility index (Phi) is 4.87. The zero-order valence-electron chi connectivity index (χ0n) is 17.2. The third-order valence-electron chi connectivity index (χ3n) is 6.84. The zero-order chi connectivity index (χ0) is 22.7. The highest BCUT2D eigenvalue weighted by molar-refractivity contribution is 6.33. The van der Waals surface area contributed by atoms with Crippen molar-refractivity contribution in [3.05, 3.63) is 68.7 Å². The number of rotatable bonds is 4. The molecule has 8 nitrogen and oxygen atoms in total. The number of hydrogen-bond donors (Lipinski definition) is 0. The molecule has 3 aliphatic rings. The maximum absolute atomic E-state index is 13.5. The van der Waals surface area contributed by atoms with Crippen molar-refractivity contribution < 1.29 is 19.3 Å². The molecular formula is C23H20ClN3O5. The third-order valence-corrected chi connectivity index (χ3v) is 7.16. The maximum Gasteiger partial charge on any atom is 0.289 e. The fourth-order valence-corrected chi connectivity index (χ4v) is 5.62. The first kappa shape index (κ1) is 20.8. The van der Waals surface area contributed by atoms with E-state index in [2.05, 4.69) is 0 Å². The smallest absolute Gasteiger partial charge is 0.289 e. The van der Waals surface area contributed by atoms with Crippen molar-refractivity contribution >= 4 is 40.6 Å². The van der Waals surface area contributed by atoms with Gasteiger partial charge in [0.2, 0.25) is 11.8 Å². The van der Waals surface area contributed by atoms with Gasteiger partial charge in [0, 0.05) is 17.7 Å². The lowest BCUT2D eigenvalue weighted by Gasteiger charge is -2.27. The van der Waals surface area contributed by atoms with Gasteiger partial charge >= 0.3 is 0 Å². The van der Waals surface area contributed by atoms with Crippen molar-refractivity contribution in [3.8, 4) is 0 Å². The molecule has 2 aromatic rings. The van der Waals surface area contributed by atoms with Crippen LogP contribution in [0.1, 0.15) is 28.8 Å². The number of anilines is 1. The van der Waals surface area contributed by atoms with Crippen molar-refractivity contribution in [1.82, 2.24) is 4.90 Å². The number of carbonyl (C=O) groups excluding carboxylic acids is 3. The van der Waals surface area contributed by atoms with Crippen LogP contribution in [0.25, 0.3) is 0 Å². The molecule has 32 heavy (non-hydrogen) atoms. The van der Waals surface area contributed by atoms with Gasteiger partial charge < -0.3 is 0 Å². The normalized spacial score (nSPS) is 27.0. The number of aryl methyl sites for hydroxylation is 1. The molecule has 9 heteroatoms. The number of ketones is 1. The van der Waals surface area contributed by atoms with Crippen LogP contribution in [0.4, 0.5) is 11.4 Å². The van der Waals surface area contributed by atoms with Crippen LogP contribution in [0.5, 0.6) is 0 Å². The van der Waals surface area contributed by atoms with Crippen LogP contribution < -0.4 is 4.90 Å². The van der Waals surface area contributed by atoms with E-state index in [4.69, 9.17) is 11.6 Å². The summed E-state index contributed by atoms with van der Waals surface area (Å²) in [5, 5.41) is 11.2. The van der Waals surface area contributed by atoms with Crippen molar-refractivity contribution in [3.63, 3.8) is 0 Å². The summed E-state index contributed by atoms with van der Waals surface area (Å²) < 4.78 is 0. The number of carbonyl (C=O) groups is 3. The Morgan fingerprint density at radius 2 is 1.78 bits per heavy atom. The summed E-state index contributed by atoms with van der Waals surface area (Å²) in [4.78, 5) is 54.1. The van der Waals surface area contributed by atoms with Crippen LogP contribution in [0.15, 0.2) is 42.5 Å². The van der Waals surface area contributed by atoms with E-state index in [9.17, 15) is 24.5 Å². The predicted octanol–water partition coefficient (Wildman–Crippen LogP) is 3.39. The second-order valence-corrected chi connectivity index (χ2v) is 8.99. The number of nitrogens with zero attached hydrogens (tertiary/aromatic N) is 3. The molecule has 0 aliphatic carbocycles. The number of fused-ring (bicyclic) bond motifs is 3. The van der Waals surface area contributed by atoms with E-state index in [0.717, 1.165) is 29.4 Å². The number of amides is 2. The minimum absolute atomic E-state index is 0.0765. The molecular weight excluding hydrogens is 434 g/mol. The van der Waals surface area contributed by atoms with Gasteiger partial charge in [0.1, 0.15) is 5.02 Å². The Labute approximate surface area is 188 Å². The molecule has 2 amide bonds. The predicted molar refractivity (Wildman–Crippen MR) is 117 cm³/mol. The van der Waals surface area contributed by atoms with Gasteiger partial charge in [-0.1, -0.05) is 41.4 Å².